The quantitative estimate of drug-likeness (QED) is 0.697. The lowest BCUT2D eigenvalue weighted by atomic mass is 10.1. The number of methoxy groups -OCH3 is 1. The third-order valence-electron chi connectivity index (χ3n) is 3.59. The zero-order chi connectivity index (χ0) is 14.1. The van der Waals surface area contributed by atoms with E-state index in [2.05, 4.69) is 4.57 Å². The van der Waals surface area contributed by atoms with Crippen molar-refractivity contribution in [3.05, 3.63) is 65.6 Å². The first-order chi connectivity index (χ1) is 9.69. The highest BCUT2D eigenvalue weighted by molar-refractivity contribution is 5.81. The van der Waals surface area contributed by atoms with Crippen LogP contribution in [0, 0.1) is 12.7 Å². The Balaban J connectivity index is 1.96. The summed E-state index contributed by atoms with van der Waals surface area (Å²) in [5.74, 6) is 0.712. The second-order valence-electron chi connectivity index (χ2n) is 4.92. The summed E-state index contributed by atoms with van der Waals surface area (Å²) in [7, 11) is 1.65. The van der Waals surface area contributed by atoms with Crippen molar-refractivity contribution in [1.29, 1.82) is 0 Å². The summed E-state index contributed by atoms with van der Waals surface area (Å²) in [6.07, 6.45) is 1.93. The first kappa shape index (κ1) is 12.7. The molecule has 2 nitrogen and oxygen atoms in total. The lowest BCUT2D eigenvalue weighted by Crippen LogP contribution is -1.98. The van der Waals surface area contributed by atoms with Gasteiger partial charge in [0.2, 0.25) is 0 Å². The van der Waals surface area contributed by atoms with Gasteiger partial charge in [0, 0.05) is 18.1 Å². The Kier molecular flexibility index (Phi) is 3.18. The zero-order valence-corrected chi connectivity index (χ0v) is 11.6. The fourth-order valence-electron chi connectivity index (χ4n) is 2.41. The van der Waals surface area contributed by atoms with E-state index in [0.717, 1.165) is 23.4 Å². The highest BCUT2D eigenvalue weighted by atomic mass is 19.1. The maximum Gasteiger partial charge on any atom is 0.135 e. The largest absolute Gasteiger partial charge is 0.497 e. The minimum Gasteiger partial charge on any atom is -0.497 e. The van der Waals surface area contributed by atoms with Gasteiger partial charge in [-0.05, 0) is 42.3 Å². The fraction of sp³-hybridized carbons (Fsp3) is 0.176. The molecule has 0 saturated carbocycles. The van der Waals surface area contributed by atoms with E-state index < -0.39 is 0 Å². The molecule has 0 bridgehead atoms. The van der Waals surface area contributed by atoms with Gasteiger partial charge in [0.05, 0.1) is 12.6 Å². The van der Waals surface area contributed by atoms with E-state index in [4.69, 9.17) is 4.74 Å². The molecule has 0 aliphatic heterocycles. The predicted molar refractivity (Wildman–Crippen MR) is 78.7 cm³/mol. The summed E-state index contributed by atoms with van der Waals surface area (Å²) in [4.78, 5) is 0. The summed E-state index contributed by atoms with van der Waals surface area (Å²) in [6, 6.07) is 13.5. The molecule has 0 unspecified atom stereocenters. The molecular weight excluding hydrogens is 253 g/mol. The molecule has 3 heteroatoms. The van der Waals surface area contributed by atoms with E-state index in [-0.39, 0.29) is 5.82 Å². The van der Waals surface area contributed by atoms with Gasteiger partial charge >= 0.3 is 0 Å². The SMILES string of the molecule is COc1ccc(Cn2ccc3c(F)c(C)ccc32)cc1. The molecule has 0 aliphatic rings. The Morgan fingerprint density at radius 1 is 1.05 bits per heavy atom. The average Bonchev–Trinajstić information content (AvgIpc) is 2.87. The van der Waals surface area contributed by atoms with E-state index in [1.807, 2.05) is 48.7 Å². The van der Waals surface area contributed by atoms with Crippen molar-refractivity contribution >= 4 is 10.9 Å². The van der Waals surface area contributed by atoms with Crippen LogP contribution in [0.25, 0.3) is 10.9 Å². The van der Waals surface area contributed by atoms with Gasteiger partial charge in [-0.25, -0.2) is 4.39 Å². The first-order valence-corrected chi connectivity index (χ1v) is 6.56. The Morgan fingerprint density at radius 2 is 1.80 bits per heavy atom. The van der Waals surface area contributed by atoms with Crippen LogP contribution in [-0.2, 0) is 6.54 Å². The van der Waals surface area contributed by atoms with Crippen molar-refractivity contribution in [3.8, 4) is 5.75 Å². The van der Waals surface area contributed by atoms with Gasteiger partial charge in [-0.1, -0.05) is 18.2 Å². The second kappa shape index (κ2) is 5.00. The topological polar surface area (TPSA) is 14.2 Å². The molecule has 0 fully saturated rings. The van der Waals surface area contributed by atoms with E-state index in [1.54, 1.807) is 14.0 Å². The van der Waals surface area contributed by atoms with Gasteiger partial charge in [0.25, 0.3) is 0 Å². The molecule has 0 saturated heterocycles. The third kappa shape index (κ3) is 2.16. The minimum atomic E-state index is -0.129. The Bertz CT molecular complexity index is 744. The molecule has 2 aromatic carbocycles. The van der Waals surface area contributed by atoms with Crippen LogP contribution in [0.4, 0.5) is 4.39 Å². The molecule has 1 heterocycles. The molecule has 1 aromatic heterocycles. The van der Waals surface area contributed by atoms with Gasteiger partial charge < -0.3 is 9.30 Å². The number of hydrogen-bond donors (Lipinski definition) is 0. The van der Waals surface area contributed by atoms with E-state index >= 15 is 0 Å². The lowest BCUT2D eigenvalue weighted by molar-refractivity contribution is 0.414. The number of nitrogens with zero attached hydrogens (tertiary/aromatic N) is 1. The number of fused-ring (bicyclic) bond motifs is 1. The molecule has 0 atom stereocenters. The van der Waals surface area contributed by atoms with E-state index in [1.165, 1.54) is 0 Å². The summed E-state index contributed by atoms with van der Waals surface area (Å²) >= 11 is 0. The van der Waals surface area contributed by atoms with Crippen LogP contribution in [0.3, 0.4) is 0 Å². The van der Waals surface area contributed by atoms with E-state index in [9.17, 15) is 4.39 Å². The summed E-state index contributed by atoms with van der Waals surface area (Å²) in [6.45, 7) is 2.51. The predicted octanol–water partition coefficient (Wildman–Crippen LogP) is 4.15. The number of aromatic nitrogens is 1. The molecule has 3 rings (SSSR count). The third-order valence-corrected chi connectivity index (χ3v) is 3.59. The number of rotatable bonds is 3. The van der Waals surface area contributed by atoms with Crippen LogP contribution in [0.15, 0.2) is 48.7 Å². The molecule has 20 heavy (non-hydrogen) atoms. The van der Waals surface area contributed by atoms with Crippen LogP contribution >= 0.6 is 0 Å². The van der Waals surface area contributed by atoms with Crippen LogP contribution in [0.5, 0.6) is 5.75 Å². The molecule has 0 radical (unpaired) electrons. The van der Waals surface area contributed by atoms with Crippen molar-refractivity contribution in [3.63, 3.8) is 0 Å². The van der Waals surface area contributed by atoms with Crippen LogP contribution in [0.1, 0.15) is 11.1 Å². The maximum atomic E-state index is 14.0. The molecule has 3 aromatic rings. The first-order valence-electron chi connectivity index (χ1n) is 6.56. The summed E-state index contributed by atoms with van der Waals surface area (Å²) in [5.41, 5.74) is 2.76. The fourth-order valence-corrected chi connectivity index (χ4v) is 2.41. The smallest absolute Gasteiger partial charge is 0.135 e. The maximum absolute atomic E-state index is 14.0. The highest BCUT2D eigenvalue weighted by Crippen LogP contribution is 2.23. The lowest BCUT2D eigenvalue weighted by Gasteiger charge is -2.07. The van der Waals surface area contributed by atoms with Crippen LogP contribution in [0.2, 0.25) is 0 Å². The van der Waals surface area contributed by atoms with Gasteiger partial charge in [-0.15, -0.1) is 0 Å². The molecule has 0 aliphatic carbocycles. The van der Waals surface area contributed by atoms with Crippen LogP contribution < -0.4 is 4.74 Å². The Hall–Kier alpha value is -2.29. The number of aryl methyl sites for hydroxylation is 1. The second-order valence-corrected chi connectivity index (χ2v) is 4.92. The van der Waals surface area contributed by atoms with Gasteiger partial charge in [0.1, 0.15) is 11.6 Å². The minimum absolute atomic E-state index is 0.129. The molecule has 0 spiro atoms. The molecular formula is C17H16FNO. The Labute approximate surface area is 117 Å². The standard InChI is InChI=1S/C17H16FNO/c1-12-3-8-16-15(17(12)18)9-10-19(16)11-13-4-6-14(20-2)7-5-13/h3-10H,11H2,1-2H3. The molecule has 102 valence electrons. The Morgan fingerprint density at radius 3 is 2.50 bits per heavy atom. The molecule has 0 N–H and O–H groups in total. The van der Waals surface area contributed by atoms with Crippen molar-refractivity contribution in [1.82, 2.24) is 4.57 Å². The number of halogens is 1. The van der Waals surface area contributed by atoms with Crippen molar-refractivity contribution in [2.75, 3.05) is 7.11 Å². The highest BCUT2D eigenvalue weighted by Gasteiger charge is 2.08. The number of hydrogen-bond acceptors (Lipinski definition) is 1. The van der Waals surface area contributed by atoms with Gasteiger partial charge in [-0.2, -0.15) is 0 Å². The van der Waals surface area contributed by atoms with Crippen molar-refractivity contribution in [2.24, 2.45) is 0 Å². The number of benzene rings is 2. The van der Waals surface area contributed by atoms with Crippen molar-refractivity contribution in [2.45, 2.75) is 13.5 Å². The molecule has 0 amide bonds. The van der Waals surface area contributed by atoms with Crippen LogP contribution in [-0.4, -0.2) is 11.7 Å². The number of ether oxygens (including phenoxy) is 1. The monoisotopic (exact) mass is 269 g/mol. The normalized spacial score (nSPS) is 10.9. The zero-order valence-electron chi connectivity index (χ0n) is 11.6. The van der Waals surface area contributed by atoms with Gasteiger partial charge in [0.15, 0.2) is 0 Å². The average molecular weight is 269 g/mol. The van der Waals surface area contributed by atoms with E-state index in [0.29, 0.717) is 10.9 Å². The summed E-state index contributed by atoms with van der Waals surface area (Å²) < 4.78 is 21.2. The van der Waals surface area contributed by atoms with Crippen molar-refractivity contribution < 1.29 is 9.13 Å². The van der Waals surface area contributed by atoms with Gasteiger partial charge in [-0.3, -0.25) is 0 Å². The summed E-state index contributed by atoms with van der Waals surface area (Å²) in [5, 5.41) is 0.679.